The van der Waals surface area contributed by atoms with Gasteiger partial charge in [0.2, 0.25) is 0 Å². The number of nitrogens with one attached hydrogen (secondary N) is 2. The van der Waals surface area contributed by atoms with Crippen LogP contribution in [-0.2, 0) is 14.8 Å². The monoisotopic (exact) mass is 504 g/mol. The van der Waals surface area contributed by atoms with Gasteiger partial charge >= 0.3 is 6.09 Å². The van der Waals surface area contributed by atoms with Crippen LogP contribution in [-0.4, -0.2) is 31.8 Å². The second kappa shape index (κ2) is 10.4. The first kappa shape index (κ1) is 26.1. The number of rotatable bonds is 7. The number of anilines is 1. The van der Waals surface area contributed by atoms with Crippen LogP contribution in [0.25, 0.3) is 11.1 Å². The first-order chi connectivity index (χ1) is 16.4. The molecule has 0 fully saturated rings. The molecule has 35 heavy (non-hydrogen) atoms. The van der Waals surface area contributed by atoms with E-state index in [0.29, 0.717) is 11.1 Å². The van der Waals surface area contributed by atoms with E-state index in [9.17, 15) is 27.1 Å². The third-order valence-electron chi connectivity index (χ3n) is 4.82. The topological polar surface area (TPSA) is 105 Å². The lowest BCUT2D eigenvalue weighted by Gasteiger charge is -2.23. The number of alkyl carbamates (subject to hydrolysis) is 1. The molecule has 0 unspecified atom stereocenters. The van der Waals surface area contributed by atoms with E-state index in [4.69, 9.17) is 4.74 Å². The summed E-state index contributed by atoms with van der Waals surface area (Å²) in [6.45, 7) is 4.69. The third-order valence-corrected chi connectivity index (χ3v) is 6.22. The predicted molar refractivity (Wildman–Crippen MR) is 128 cm³/mol. The molecule has 0 bridgehead atoms. The van der Waals surface area contributed by atoms with Crippen molar-refractivity contribution < 1.29 is 31.8 Å². The number of carbonyl (C=O) groups is 1. The Kier molecular flexibility index (Phi) is 7.76. The van der Waals surface area contributed by atoms with Crippen LogP contribution in [0.15, 0.2) is 71.6 Å². The Morgan fingerprint density at radius 1 is 1.03 bits per heavy atom. The van der Waals surface area contributed by atoms with Crippen molar-refractivity contribution in [3.63, 3.8) is 0 Å². The number of amides is 1. The molecule has 0 aromatic heterocycles. The van der Waals surface area contributed by atoms with E-state index in [0.717, 1.165) is 12.1 Å². The summed E-state index contributed by atoms with van der Waals surface area (Å²) in [6.07, 6.45) is -0.722. The molecule has 0 aliphatic heterocycles. The minimum atomic E-state index is -4.00. The fourth-order valence-electron chi connectivity index (χ4n) is 3.25. The molecule has 7 nitrogen and oxygen atoms in total. The summed E-state index contributed by atoms with van der Waals surface area (Å²) in [4.78, 5) is 12.0. The van der Waals surface area contributed by atoms with Crippen molar-refractivity contribution in [2.75, 3.05) is 11.3 Å². The molecular weight excluding hydrogens is 478 g/mol. The summed E-state index contributed by atoms with van der Waals surface area (Å²) < 4.78 is 60.6. The van der Waals surface area contributed by atoms with Crippen molar-refractivity contribution in [3.8, 4) is 11.1 Å². The summed E-state index contributed by atoms with van der Waals surface area (Å²) >= 11 is 0. The number of hydrogen-bond donors (Lipinski definition) is 3. The molecule has 0 saturated carbocycles. The maximum Gasteiger partial charge on any atom is 0.408 e. The van der Waals surface area contributed by atoms with Gasteiger partial charge in [0.15, 0.2) is 0 Å². The van der Waals surface area contributed by atoms with Gasteiger partial charge in [0.1, 0.15) is 17.2 Å². The highest BCUT2D eigenvalue weighted by Crippen LogP contribution is 2.26. The molecule has 0 aliphatic carbocycles. The lowest BCUT2D eigenvalue weighted by atomic mass is 10.1. The van der Waals surface area contributed by atoms with E-state index in [1.165, 1.54) is 42.5 Å². The van der Waals surface area contributed by atoms with Crippen LogP contribution in [0.2, 0.25) is 0 Å². The molecule has 3 aromatic rings. The van der Waals surface area contributed by atoms with E-state index in [2.05, 4.69) is 10.0 Å². The molecule has 186 valence electrons. The highest BCUT2D eigenvalue weighted by atomic mass is 32.2. The van der Waals surface area contributed by atoms with Gasteiger partial charge in [-0.2, -0.15) is 0 Å². The lowest BCUT2D eigenvalue weighted by molar-refractivity contribution is 0.0482. The van der Waals surface area contributed by atoms with E-state index in [1.54, 1.807) is 32.9 Å². The van der Waals surface area contributed by atoms with Crippen molar-refractivity contribution >= 4 is 21.8 Å². The Hall–Kier alpha value is -3.50. The van der Waals surface area contributed by atoms with Crippen LogP contribution in [0.4, 0.5) is 19.3 Å². The van der Waals surface area contributed by atoms with Crippen molar-refractivity contribution in [1.29, 1.82) is 0 Å². The number of benzene rings is 3. The number of aliphatic hydroxyl groups excluding tert-OH is 1. The predicted octanol–water partition coefficient (Wildman–Crippen LogP) is 4.99. The van der Waals surface area contributed by atoms with E-state index >= 15 is 0 Å². The Labute approximate surface area is 202 Å². The van der Waals surface area contributed by atoms with Gasteiger partial charge in [-0.1, -0.05) is 24.3 Å². The molecule has 0 radical (unpaired) electrons. The molecule has 10 heteroatoms. The zero-order chi connectivity index (χ0) is 25.8. The van der Waals surface area contributed by atoms with Gasteiger partial charge in [-0.3, -0.25) is 4.72 Å². The zero-order valence-electron chi connectivity index (χ0n) is 19.4. The summed E-state index contributed by atoms with van der Waals surface area (Å²) in [5.74, 6) is -1.46. The molecule has 1 atom stereocenters. The van der Waals surface area contributed by atoms with Gasteiger partial charge in [0.25, 0.3) is 10.0 Å². The third kappa shape index (κ3) is 7.00. The maximum absolute atomic E-state index is 14.0. The largest absolute Gasteiger partial charge is 0.444 e. The first-order valence-electron chi connectivity index (χ1n) is 10.7. The maximum atomic E-state index is 14.0. The Balaban J connectivity index is 1.77. The van der Waals surface area contributed by atoms with Gasteiger partial charge in [0, 0.05) is 17.3 Å². The first-order valence-corrected chi connectivity index (χ1v) is 12.1. The van der Waals surface area contributed by atoms with E-state index in [1.807, 2.05) is 0 Å². The minimum Gasteiger partial charge on any atom is -0.444 e. The van der Waals surface area contributed by atoms with Crippen molar-refractivity contribution in [3.05, 3.63) is 83.9 Å². The SMILES string of the molecule is CC(C)(C)OC(=O)N[C@H](CO)c1cccc(NS(=O)(=O)c2ccc(-c3ccc(F)cc3F)cc2)c1. The van der Waals surface area contributed by atoms with E-state index < -0.39 is 46.0 Å². The minimum absolute atomic E-state index is 0.0697. The fourth-order valence-corrected chi connectivity index (χ4v) is 4.30. The normalized spacial score (nSPS) is 12.6. The molecule has 0 heterocycles. The van der Waals surface area contributed by atoms with Crippen LogP contribution in [0.1, 0.15) is 32.4 Å². The second-order valence-electron chi connectivity index (χ2n) is 8.76. The summed E-state index contributed by atoms with van der Waals surface area (Å²) in [6, 6.07) is 14.0. The van der Waals surface area contributed by atoms with Crippen LogP contribution in [0.5, 0.6) is 0 Å². The van der Waals surface area contributed by atoms with Gasteiger partial charge in [-0.05, 0) is 68.3 Å². The Morgan fingerprint density at radius 2 is 1.71 bits per heavy atom. The van der Waals surface area contributed by atoms with Crippen LogP contribution >= 0.6 is 0 Å². The number of hydrogen-bond acceptors (Lipinski definition) is 5. The molecule has 3 rings (SSSR count). The van der Waals surface area contributed by atoms with Crippen molar-refractivity contribution in [2.24, 2.45) is 0 Å². The number of sulfonamides is 1. The molecule has 1 amide bonds. The fraction of sp³-hybridized carbons (Fsp3) is 0.240. The summed E-state index contributed by atoms with van der Waals surface area (Å²) in [5, 5.41) is 12.3. The summed E-state index contributed by atoms with van der Waals surface area (Å²) in [7, 11) is -4.00. The molecule has 0 spiro atoms. The lowest BCUT2D eigenvalue weighted by Crippen LogP contribution is -2.36. The number of carbonyl (C=O) groups excluding carboxylic acids is 1. The zero-order valence-corrected chi connectivity index (χ0v) is 20.2. The average Bonchev–Trinajstić information content (AvgIpc) is 2.76. The standard InChI is InChI=1S/C25H26F2N2O5S/c1-25(2,3)34-24(31)28-23(15-30)17-5-4-6-19(13-17)29-35(32,33)20-10-7-16(8-11-20)21-12-9-18(26)14-22(21)27/h4-14,23,29-30H,15H2,1-3H3,(H,28,31)/t23-/m1/s1. The average molecular weight is 505 g/mol. The number of aliphatic hydroxyl groups is 1. The van der Waals surface area contributed by atoms with Crippen LogP contribution < -0.4 is 10.0 Å². The summed E-state index contributed by atoms with van der Waals surface area (Å²) in [5.41, 5.74) is 0.479. The van der Waals surface area contributed by atoms with Gasteiger partial charge in [0.05, 0.1) is 17.5 Å². The van der Waals surface area contributed by atoms with Crippen molar-refractivity contribution in [1.82, 2.24) is 5.32 Å². The Morgan fingerprint density at radius 3 is 2.31 bits per heavy atom. The molecule has 0 saturated heterocycles. The van der Waals surface area contributed by atoms with E-state index in [-0.39, 0.29) is 16.1 Å². The van der Waals surface area contributed by atoms with Gasteiger partial charge in [-0.25, -0.2) is 22.0 Å². The van der Waals surface area contributed by atoms with Crippen LogP contribution in [0.3, 0.4) is 0 Å². The molecule has 3 N–H and O–H groups in total. The Bertz CT molecular complexity index is 1310. The van der Waals surface area contributed by atoms with Gasteiger partial charge in [-0.15, -0.1) is 0 Å². The highest BCUT2D eigenvalue weighted by molar-refractivity contribution is 7.92. The van der Waals surface area contributed by atoms with Crippen molar-refractivity contribution in [2.45, 2.75) is 37.3 Å². The highest BCUT2D eigenvalue weighted by Gasteiger charge is 2.21. The quantitative estimate of drug-likeness (QED) is 0.421. The molecule has 0 aliphatic rings. The number of halogens is 2. The smallest absolute Gasteiger partial charge is 0.408 e. The second-order valence-corrected chi connectivity index (χ2v) is 10.4. The van der Waals surface area contributed by atoms with Gasteiger partial charge < -0.3 is 15.2 Å². The molecular formula is C25H26F2N2O5S. The van der Waals surface area contributed by atoms with Crippen LogP contribution in [0, 0.1) is 11.6 Å². The number of ether oxygens (including phenoxy) is 1. The molecule has 3 aromatic carbocycles.